The number of hydrogen-bond acceptors (Lipinski definition) is 4. The third-order valence-corrected chi connectivity index (χ3v) is 3.16. The summed E-state index contributed by atoms with van der Waals surface area (Å²) in [6.07, 6.45) is 2.50. The maximum atomic E-state index is 11.8. The van der Waals surface area contributed by atoms with Gasteiger partial charge < -0.3 is 16.2 Å². The lowest BCUT2D eigenvalue weighted by atomic mass is 10.1. The van der Waals surface area contributed by atoms with Crippen molar-refractivity contribution in [2.24, 2.45) is 5.73 Å². The summed E-state index contributed by atoms with van der Waals surface area (Å²) in [6, 6.07) is 6.23. The van der Waals surface area contributed by atoms with Crippen molar-refractivity contribution in [3.63, 3.8) is 0 Å². The van der Waals surface area contributed by atoms with Gasteiger partial charge in [0, 0.05) is 5.69 Å². The molecule has 1 amide bonds. The second kappa shape index (κ2) is 7.81. The van der Waals surface area contributed by atoms with Gasteiger partial charge in [0.25, 0.3) is 0 Å². The van der Waals surface area contributed by atoms with Crippen molar-refractivity contribution in [3.8, 4) is 0 Å². The second-order valence-electron chi connectivity index (χ2n) is 4.15. The normalized spacial score (nSPS) is 11.9. The van der Waals surface area contributed by atoms with Gasteiger partial charge in [0.1, 0.15) is 0 Å². The predicted octanol–water partition coefficient (Wildman–Crippen LogP) is 1.33. The van der Waals surface area contributed by atoms with E-state index in [0.717, 1.165) is 5.75 Å². The van der Waals surface area contributed by atoms with Gasteiger partial charge in [0.2, 0.25) is 5.91 Å². The Morgan fingerprint density at radius 3 is 2.84 bits per heavy atom. The zero-order valence-electron chi connectivity index (χ0n) is 10.8. The van der Waals surface area contributed by atoms with Crippen molar-refractivity contribution in [1.29, 1.82) is 0 Å². The van der Waals surface area contributed by atoms with Gasteiger partial charge in [0.15, 0.2) is 0 Å². The van der Waals surface area contributed by atoms with E-state index in [1.54, 1.807) is 36.0 Å². The fraction of sp³-hybridized carbons (Fsp3) is 0.385. The molecule has 6 heteroatoms. The molecule has 1 aromatic carbocycles. The average molecular weight is 282 g/mol. The van der Waals surface area contributed by atoms with Crippen LogP contribution in [-0.4, -0.2) is 35.0 Å². The van der Waals surface area contributed by atoms with E-state index in [-0.39, 0.29) is 12.3 Å². The van der Waals surface area contributed by atoms with Crippen LogP contribution in [0.4, 0.5) is 5.69 Å². The fourth-order valence-corrected chi connectivity index (χ4v) is 2.03. The number of anilines is 1. The van der Waals surface area contributed by atoms with Crippen LogP contribution in [-0.2, 0) is 16.0 Å². The van der Waals surface area contributed by atoms with Gasteiger partial charge >= 0.3 is 5.97 Å². The van der Waals surface area contributed by atoms with E-state index in [9.17, 15) is 9.59 Å². The number of nitrogens with one attached hydrogen (secondary N) is 1. The van der Waals surface area contributed by atoms with Crippen molar-refractivity contribution < 1.29 is 14.7 Å². The first-order chi connectivity index (χ1) is 9.02. The number of nitrogens with two attached hydrogens (primary N) is 1. The van der Waals surface area contributed by atoms with E-state index in [1.807, 2.05) is 6.26 Å². The lowest BCUT2D eigenvalue weighted by molar-refractivity contribution is -0.136. The summed E-state index contributed by atoms with van der Waals surface area (Å²) in [4.78, 5) is 22.4. The Morgan fingerprint density at radius 2 is 2.21 bits per heavy atom. The Morgan fingerprint density at radius 1 is 1.47 bits per heavy atom. The summed E-state index contributed by atoms with van der Waals surface area (Å²) in [5, 5.41) is 11.4. The Bertz CT molecular complexity index is 451. The highest BCUT2D eigenvalue weighted by Crippen LogP contribution is 2.12. The first-order valence-corrected chi connectivity index (χ1v) is 7.28. The molecule has 0 aliphatic rings. The molecule has 0 spiro atoms. The molecule has 1 rings (SSSR count). The summed E-state index contributed by atoms with van der Waals surface area (Å²) >= 11 is 1.64. The number of rotatable bonds is 7. The topological polar surface area (TPSA) is 92.4 Å². The van der Waals surface area contributed by atoms with Crippen LogP contribution < -0.4 is 11.1 Å². The van der Waals surface area contributed by atoms with Crippen molar-refractivity contribution in [2.45, 2.75) is 18.9 Å². The molecule has 0 aliphatic heterocycles. The summed E-state index contributed by atoms with van der Waals surface area (Å²) in [5.41, 5.74) is 6.96. The van der Waals surface area contributed by atoms with Crippen LogP contribution in [0.2, 0.25) is 0 Å². The standard InChI is InChI=1S/C13H18N2O3S/c1-19-6-5-11(14)13(18)15-10-4-2-3-9(7-10)8-12(16)17/h2-4,7,11H,5-6,8,14H2,1H3,(H,15,18)(H,16,17)/t11-/m1/s1. The quantitative estimate of drug-likeness (QED) is 0.701. The molecule has 0 radical (unpaired) electrons. The number of benzene rings is 1. The van der Waals surface area contributed by atoms with E-state index < -0.39 is 12.0 Å². The minimum atomic E-state index is -0.903. The molecule has 0 heterocycles. The van der Waals surface area contributed by atoms with Gasteiger partial charge in [-0.1, -0.05) is 12.1 Å². The largest absolute Gasteiger partial charge is 0.481 e. The van der Waals surface area contributed by atoms with Crippen LogP contribution in [0, 0.1) is 0 Å². The number of carboxylic acid groups (broad SMARTS) is 1. The molecule has 19 heavy (non-hydrogen) atoms. The summed E-state index contributed by atoms with van der Waals surface area (Å²) in [5.74, 6) is -0.324. The highest BCUT2D eigenvalue weighted by atomic mass is 32.2. The van der Waals surface area contributed by atoms with Gasteiger partial charge in [0.05, 0.1) is 12.5 Å². The van der Waals surface area contributed by atoms with Gasteiger partial charge in [-0.3, -0.25) is 9.59 Å². The molecule has 0 aromatic heterocycles. The SMILES string of the molecule is CSCC[C@@H](N)C(=O)Nc1cccc(CC(=O)O)c1. The van der Waals surface area contributed by atoms with Crippen LogP contribution in [0.15, 0.2) is 24.3 Å². The molecule has 1 atom stereocenters. The van der Waals surface area contributed by atoms with E-state index in [2.05, 4.69) is 5.32 Å². The molecule has 0 bridgehead atoms. The third kappa shape index (κ3) is 5.76. The first-order valence-electron chi connectivity index (χ1n) is 5.89. The lowest BCUT2D eigenvalue weighted by Gasteiger charge is -2.12. The Balaban J connectivity index is 2.61. The van der Waals surface area contributed by atoms with Crippen LogP contribution in [0.1, 0.15) is 12.0 Å². The molecule has 104 valence electrons. The molecule has 1 aromatic rings. The van der Waals surface area contributed by atoms with Gasteiger partial charge in [-0.15, -0.1) is 0 Å². The molecule has 5 nitrogen and oxygen atoms in total. The monoisotopic (exact) mass is 282 g/mol. The molecule has 4 N–H and O–H groups in total. The van der Waals surface area contributed by atoms with Crippen LogP contribution in [0.25, 0.3) is 0 Å². The number of thioether (sulfide) groups is 1. The smallest absolute Gasteiger partial charge is 0.307 e. The Kier molecular flexibility index (Phi) is 6.38. The number of aliphatic carboxylic acids is 1. The van der Waals surface area contributed by atoms with Gasteiger partial charge in [-0.2, -0.15) is 11.8 Å². The van der Waals surface area contributed by atoms with Crippen molar-refractivity contribution >= 4 is 29.3 Å². The highest BCUT2D eigenvalue weighted by Gasteiger charge is 2.13. The molecule has 0 unspecified atom stereocenters. The third-order valence-electron chi connectivity index (χ3n) is 2.52. The lowest BCUT2D eigenvalue weighted by Crippen LogP contribution is -2.36. The van der Waals surface area contributed by atoms with Crippen LogP contribution in [0.3, 0.4) is 0 Å². The van der Waals surface area contributed by atoms with E-state index in [0.29, 0.717) is 17.7 Å². The van der Waals surface area contributed by atoms with Crippen LogP contribution >= 0.6 is 11.8 Å². The van der Waals surface area contributed by atoms with Gasteiger partial charge in [-0.05, 0) is 36.1 Å². The number of carbonyl (C=O) groups excluding carboxylic acids is 1. The average Bonchev–Trinajstić information content (AvgIpc) is 2.35. The maximum Gasteiger partial charge on any atom is 0.307 e. The minimum Gasteiger partial charge on any atom is -0.481 e. The van der Waals surface area contributed by atoms with Crippen molar-refractivity contribution in [3.05, 3.63) is 29.8 Å². The van der Waals surface area contributed by atoms with Crippen molar-refractivity contribution in [1.82, 2.24) is 0 Å². The molecular formula is C13H18N2O3S. The van der Waals surface area contributed by atoms with Crippen molar-refractivity contribution in [2.75, 3.05) is 17.3 Å². The van der Waals surface area contributed by atoms with E-state index in [4.69, 9.17) is 10.8 Å². The number of hydrogen-bond donors (Lipinski definition) is 3. The summed E-state index contributed by atoms with van der Waals surface area (Å²) in [7, 11) is 0. The fourth-order valence-electron chi connectivity index (χ4n) is 1.54. The maximum absolute atomic E-state index is 11.8. The molecule has 0 fully saturated rings. The minimum absolute atomic E-state index is 0.0672. The first kappa shape index (κ1) is 15.5. The van der Waals surface area contributed by atoms with E-state index in [1.165, 1.54) is 0 Å². The molecular weight excluding hydrogens is 264 g/mol. The molecule has 0 aliphatic carbocycles. The zero-order valence-corrected chi connectivity index (χ0v) is 11.6. The number of amides is 1. The Hall–Kier alpha value is -1.53. The molecule has 0 saturated carbocycles. The van der Waals surface area contributed by atoms with Gasteiger partial charge in [-0.25, -0.2) is 0 Å². The molecule has 0 saturated heterocycles. The number of carbonyl (C=O) groups is 2. The van der Waals surface area contributed by atoms with E-state index >= 15 is 0 Å². The highest BCUT2D eigenvalue weighted by molar-refractivity contribution is 7.98. The summed E-state index contributed by atoms with van der Waals surface area (Å²) in [6.45, 7) is 0. The Labute approximate surface area is 116 Å². The second-order valence-corrected chi connectivity index (χ2v) is 5.13. The predicted molar refractivity (Wildman–Crippen MR) is 77.4 cm³/mol. The summed E-state index contributed by atoms with van der Waals surface area (Å²) < 4.78 is 0. The van der Waals surface area contributed by atoms with Crippen LogP contribution in [0.5, 0.6) is 0 Å². The zero-order chi connectivity index (χ0) is 14.3. The number of carboxylic acids is 1.